The largest absolute Gasteiger partial charge is 0.379 e. The Morgan fingerprint density at radius 1 is 1.09 bits per heavy atom. The van der Waals surface area contributed by atoms with Crippen molar-refractivity contribution in [2.45, 2.75) is 4.90 Å². The molecule has 8 heteroatoms. The van der Waals surface area contributed by atoms with Crippen LogP contribution < -0.4 is 5.32 Å². The number of para-hydroxylation sites is 1. The molecule has 2 aromatic carbocycles. The Labute approximate surface area is 126 Å². The summed E-state index contributed by atoms with van der Waals surface area (Å²) >= 11 is 0. The maximum Gasteiger partial charge on any atom is 0.379 e. The van der Waals surface area contributed by atoms with Crippen LogP contribution in [0.1, 0.15) is 0 Å². The molecular formula is C14H11FN2O4S. The van der Waals surface area contributed by atoms with Gasteiger partial charge in [0.15, 0.2) is 0 Å². The minimum atomic E-state index is -4.31. The average molecular weight is 322 g/mol. The molecule has 0 saturated carbocycles. The average Bonchev–Trinajstić information content (AvgIpc) is 2.49. The zero-order valence-electron chi connectivity index (χ0n) is 11.1. The Hall–Kier alpha value is -2.74. The van der Waals surface area contributed by atoms with Crippen molar-refractivity contribution in [1.29, 1.82) is 0 Å². The summed E-state index contributed by atoms with van der Waals surface area (Å²) < 4.78 is 37.9. The molecule has 1 N–H and O–H groups in total. The molecule has 2 aromatic rings. The Morgan fingerprint density at radius 3 is 2.27 bits per heavy atom. The molecule has 0 amide bonds. The Morgan fingerprint density at radius 2 is 1.68 bits per heavy atom. The molecule has 0 aliphatic rings. The van der Waals surface area contributed by atoms with Gasteiger partial charge >= 0.3 is 5.03 Å². The van der Waals surface area contributed by atoms with E-state index in [1.807, 2.05) is 0 Å². The van der Waals surface area contributed by atoms with Crippen molar-refractivity contribution < 1.29 is 17.7 Å². The van der Waals surface area contributed by atoms with Gasteiger partial charge in [0.25, 0.3) is 9.84 Å². The smallest absolute Gasteiger partial charge is 0.353 e. The number of sulfone groups is 1. The Kier molecular flexibility index (Phi) is 4.52. The van der Waals surface area contributed by atoms with Crippen molar-refractivity contribution in [2.24, 2.45) is 0 Å². The van der Waals surface area contributed by atoms with Gasteiger partial charge in [-0.3, -0.25) is 10.1 Å². The molecular weight excluding hydrogens is 311 g/mol. The normalized spacial score (nSPS) is 12.0. The third kappa shape index (κ3) is 3.29. The van der Waals surface area contributed by atoms with Crippen LogP contribution in [0.3, 0.4) is 0 Å². The SMILES string of the molecule is O=[N+]([O-])C(=CNc1ccccc1F)S(=O)(=O)c1ccccc1. The van der Waals surface area contributed by atoms with Crippen LogP contribution in [-0.4, -0.2) is 13.3 Å². The first kappa shape index (κ1) is 15.6. The summed E-state index contributed by atoms with van der Waals surface area (Å²) in [6.45, 7) is 0. The van der Waals surface area contributed by atoms with Crippen LogP contribution in [0.25, 0.3) is 0 Å². The second-order valence-corrected chi connectivity index (χ2v) is 6.08. The lowest BCUT2D eigenvalue weighted by atomic mass is 10.3. The van der Waals surface area contributed by atoms with Crippen molar-refractivity contribution in [2.75, 3.05) is 5.32 Å². The number of hydrogen-bond donors (Lipinski definition) is 1. The van der Waals surface area contributed by atoms with Crippen LogP contribution in [0.15, 0.2) is 70.7 Å². The van der Waals surface area contributed by atoms with Gasteiger partial charge < -0.3 is 5.32 Å². The first-order valence-electron chi connectivity index (χ1n) is 6.08. The number of nitrogens with one attached hydrogen (secondary N) is 1. The highest BCUT2D eigenvalue weighted by molar-refractivity contribution is 7.95. The van der Waals surface area contributed by atoms with Crippen LogP contribution in [0, 0.1) is 15.9 Å². The summed E-state index contributed by atoms with van der Waals surface area (Å²) in [6.07, 6.45) is 0.667. The van der Waals surface area contributed by atoms with E-state index < -0.39 is 25.6 Å². The molecule has 0 aromatic heterocycles. The van der Waals surface area contributed by atoms with Crippen LogP contribution in [0.2, 0.25) is 0 Å². The van der Waals surface area contributed by atoms with Gasteiger partial charge in [-0.05, 0) is 24.3 Å². The molecule has 2 rings (SSSR count). The van der Waals surface area contributed by atoms with Crippen molar-refractivity contribution in [3.05, 3.63) is 81.8 Å². The quantitative estimate of drug-likeness (QED) is 0.675. The van der Waals surface area contributed by atoms with Crippen molar-refractivity contribution in [3.8, 4) is 0 Å². The number of nitro groups is 1. The summed E-state index contributed by atoms with van der Waals surface area (Å²) in [5.74, 6) is -0.654. The molecule has 6 nitrogen and oxygen atoms in total. The molecule has 114 valence electrons. The van der Waals surface area contributed by atoms with Crippen LogP contribution in [-0.2, 0) is 9.84 Å². The van der Waals surface area contributed by atoms with Gasteiger partial charge in [-0.2, -0.15) is 0 Å². The molecule has 0 saturated heterocycles. The fourth-order valence-electron chi connectivity index (χ4n) is 1.67. The van der Waals surface area contributed by atoms with E-state index in [0.717, 1.165) is 6.07 Å². The standard InChI is InChI=1S/C14H11FN2O4S/c15-12-8-4-5-9-13(12)16-10-14(17(18)19)22(20,21)11-6-2-1-3-7-11/h1-10,16H. The van der Waals surface area contributed by atoms with E-state index >= 15 is 0 Å². The van der Waals surface area contributed by atoms with Gasteiger partial charge in [0.2, 0.25) is 0 Å². The predicted molar refractivity (Wildman–Crippen MR) is 78.7 cm³/mol. The highest BCUT2D eigenvalue weighted by Gasteiger charge is 2.31. The third-order valence-corrected chi connectivity index (χ3v) is 4.44. The molecule has 0 fully saturated rings. The van der Waals surface area contributed by atoms with E-state index in [1.165, 1.54) is 42.5 Å². The Balaban J connectivity index is 2.41. The van der Waals surface area contributed by atoms with Crippen molar-refractivity contribution >= 4 is 15.5 Å². The molecule has 0 bridgehead atoms. The van der Waals surface area contributed by atoms with Gasteiger partial charge in [-0.1, -0.05) is 30.3 Å². The number of rotatable bonds is 5. The van der Waals surface area contributed by atoms with Gasteiger partial charge in [0.05, 0.1) is 21.7 Å². The molecule has 0 unspecified atom stereocenters. The molecule has 0 aliphatic heterocycles. The zero-order chi connectivity index (χ0) is 16.2. The monoisotopic (exact) mass is 322 g/mol. The molecule has 0 spiro atoms. The van der Waals surface area contributed by atoms with Gasteiger partial charge in [0, 0.05) is 0 Å². The number of hydrogen-bond acceptors (Lipinski definition) is 5. The first-order valence-corrected chi connectivity index (χ1v) is 7.57. The van der Waals surface area contributed by atoms with E-state index in [9.17, 15) is 22.9 Å². The topological polar surface area (TPSA) is 89.3 Å². The molecule has 0 radical (unpaired) electrons. The van der Waals surface area contributed by atoms with Crippen molar-refractivity contribution in [3.63, 3.8) is 0 Å². The minimum Gasteiger partial charge on any atom is -0.353 e. The van der Waals surface area contributed by atoms with Crippen LogP contribution in [0.5, 0.6) is 0 Å². The van der Waals surface area contributed by atoms with Gasteiger partial charge in [0.1, 0.15) is 5.82 Å². The number of anilines is 1. The fraction of sp³-hybridized carbons (Fsp3) is 0. The minimum absolute atomic E-state index is 0.0647. The maximum absolute atomic E-state index is 13.4. The molecule has 0 aliphatic carbocycles. The fourth-order valence-corrected chi connectivity index (χ4v) is 2.83. The molecule has 0 atom stereocenters. The second kappa shape index (κ2) is 6.35. The number of halogens is 1. The van der Waals surface area contributed by atoms with Gasteiger partial charge in [-0.25, -0.2) is 12.8 Å². The summed E-state index contributed by atoms with van der Waals surface area (Å²) in [5.41, 5.74) is -0.0647. The van der Waals surface area contributed by atoms with Crippen molar-refractivity contribution in [1.82, 2.24) is 0 Å². The predicted octanol–water partition coefficient (Wildman–Crippen LogP) is 2.79. The summed E-state index contributed by atoms with van der Waals surface area (Å²) in [7, 11) is -4.31. The third-order valence-electron chi connectivity index (χ3n) is 2.73. The van der Waals surface area contributed by atoms with Crippen LogP contribution >= 0.6 is 0 Å². The van der Waals surface area contributed by atoms with Crippen LogP contribution in [0.4, 0.5) is 10.1 Å². The highest BCUT2D eigenvalue weighted by atomic mass is 32.2. The number of benzene rings is 2. The van der Waals surface area contributed by atoms with Gasteiger partial charge in [-0.15, -0.1) is 0 Å². The summed E-state index contributed by atoms with van der Waals surface area (Å²) in [5, 5.41) is 12.3. The molecule has 22 heavy (non-hydrogen) atoms. The lowest BCUT2D eigenvalue weighted by molar-refractivity contribution is -0.411. The highest BCUT2D eigenvalue weighted by Crippen LogP contribution is 2.20. The van der Waals surface area contributed by atoms with E-state index in [1.54, 1.807) is 6.07 Å². The van der Waals surface area contributed by atoms with E-state index in [2.05, 4.69) is 5.32 Å². The van der Waals surface area contributed by atoms with E-state index in [4.69, 9.17) is 0 Å². The summed E-state index contributed by atoms with van der Waals surface area (Å²) in [4.78, 5) is 9.80. The zero-order valence-corrected chi connectivity index (χ0v) is 12.0. The lowest BCUT2D eigenvalue weighted by Crippen LogP contribution is -2.14. The van der Waals surface area contributed by atoms with E-state index in [0.29, 0.717) is 6.20 Å². The second-order valence-electron chi connectivity index (χ2n) is 4.18. The maximum atomic E-state index is 13.4. The van der Waals surface area contributed by atoms with E-state index in [-0.39, 0.29) is 10.6 Å². The molecule has 0 heterocycles. The lowest BCUT2D eigenvalue weighted by Gasteiger charge is -2.04. The summed E-state index contributed by atoms with van der Waals surface area (Å²) in [6, 6.07) is 12.4. The first-order chi connectivity index (χ1) is 10.4. The number of nitrogens with zero attached hydrogens (tertiary/aromatic N) is 1. The Bertz CT molecular complexity index is 820.